The highest BCUT2D eigenvalue weighted by atomic mass is 79.9. The maximum atomic E-state index is 4.34. The van der Waals surface area contributed by atoms with Crippen LogP contribution in [0, 0.1) is 0 Å². The van der Waals surface area contributed by atoms with Gasteiger partial charge in [0.15, 0.2) is 0 Å². The summed E-state index contributed by atoms with van der Waals surface area (Å²) in [5.74, 6) is 0. The van der Waals surface area contributed by atoms with E-state index in [1.165, 1.54) is 26.4 Å². The quantitative estimate of drug-likeness (QED) is 0.717. The third kappa shape index (κ3) is 3.54. The van der Waals surface area contributed by atoms with Crippen LogP contribution in [0.15, 0.2) is 65.4 Å². The molecule has 3 rings (SSSR count). The van der Waals surface area contributed by atoms with Crippen molar-refractivity contribution < 1.29 is 0 Å². The van der Waals surface area contributed by atoms with E-state index in [2.05, 4.69) is 75.6 Å². The first-order valence-electron chi connectivity index (χ1n) is 7.52. The van der Waals surface area contributed by atoms with E-state index in [1.807, 2.05) is 18.5 Å². The standard InChI is InChI=1S/C19H19BrN2/c1-14(10-15-6-3-5-9-19(15)20)22-13-17-12-21-11-16-7-2-4-8-18(16)17/h2-9,11-12,14,22H,10,13H2,1H3. The third-order valence-corrected chi connectivity index (χ3v) is 4.65. The van der Waals surface area contributed by atoms with Gasteiger partial charge in [-0.05, 0) is 35.9 Å². The van der Waals surface area contributed by atoms with Crippen LogP contribution in [0.25, 0.3) is 10.8 Å². The summed E-state index contributed by atoms with van der Waals surface area (Å²) in [6.45, 7) is 3.05. The smallest absolute Gasteiger partial charge is 0.0346 e. The number of nitrogens with one attached hydrogen (secondary N) is 1. The molecule has 2 nitrogen and oxygen atoms in total. The van der Waals surface area contributed by atoms with E-state index in [9.17, 15) is 0 Å². The highest BCUT2D eigenvalue weighted by Crippen LogP contribution is 2.19. The van der Waals surface area contributed by atoms with Crippen molar-refractivity contribution in [3.63, 3.8) is 0 Å². The molecule has 0 fully saturated rings. The zero-order valence-electron chi connectivity index (χ0n) is 12.6. The van der Waals surface area contributed by atoms with Crippen LogP contribution in [-0.2, 0) is 13.0 Å². The zero-order valence-corrected chi connectivity index (χ0v) is 14.2. The van der Waals surface area contributed by atoms with Crippen LogP contribution in [0.1, 0.15) is 18.1 Å². The molecule has 1 unspecified atom stereocenters. The number of rotatable bonds is 5. The second-order valence-electron chi connectivity index (χ2n) is 5.60. The molecule has 112 valence electrons. The van der Waals surface area contributed by atoms with E-state index >= 15 is 0 Å². The van der Waals surface area contributed by atoms with Gasteiger partial charge in [0.05, 0.1) is 0 Å². The maximum absolute atomic E-state index is 4.34. The van der Waals surface area contributed by atoms with Crippen molar-refractivity contribution in [1.82, 2.24) is 10.3 Å². The fourth-order valence-electron chi connectivity index (χ4n) is 2.67. The number of fused-ring (bicyclic) bond motifs is 1. The molecule has 0 aliphatic heterocycles. The van der Waals surface area contributed by atoms with Crippen LogP contribution in [0.3, 0.4) is 0 Å². The number of aromatic nitrogens is 1. The van der Waals surface area contributed by atoms with Crippen LogP contribution in [-0.4, -0.2) is 11.0 Å². The number of pyridine rings is 1. The summed E-state index contributed by atoms with van der Waals surface area (Å²) in [6.07, 6.45) is 4.88. The lowest BCUT2D eigenvalue weighted by molar-refractivity contribution is 0.545. The molecule has 1 N–H and O–H groups in total. The Bertz CT molecular complexity index is 765. The fourth-order valence-corrected chi connectivity index (χ4v) is 3.12. The SMILES string of the molecule is CC(Cc1ccccc1Br)NCc1cncc2ccccc12. The molecule has 0 aliphatic rings. The molecule has 0 radical (unpaired) electrons. The number of hydrogen-bond acceptors (Lipinski definition) is 2. The van der Waals surface area contributed by atoms with Crippen molar-refractivity contribution in [2.24, 2.45) is 0 Å². The average Bonchev–Trinajstić information content (AvgIpc) is 2.55. The second kappa shape index (κ2) is 7.03. The zero-order chi connectivity index (χ0) is 15.4. The monoisotopic (exact) mass is 354 g/mol. The highest BCUT2D eigenvalue weighted by Gasteiger charge is 2.07. The molecule has 0 aliphatic carbocycles. The van der Waals surface area contributed by atoms with Gasteiger partial charge in [0.25, 0.3) is 0 Å². The van der Waals surface area contributed by atoms with Gasteiger partial charge in [-0.15, -0.1) is 0 Å². The van der Waals surface area contributed by atoms with Crippen LogP contribution >= 0.6 is 15.9 Å². The van der Waals surface area contributed by atoms with Crippen LogP contribution < -0.4 is 5.32 Å². The predicted molar refractivity (Wildman–Crippen MR) is 95.9 cm³/mol. The largest absolute Gasteiger partial charge is 0.310 e. The van der Waals surface area contributed by atoms with Crippen molar-refractivity contribution in [1.29, 1.82) is 0 Å². The average molecular weight is 355 g/mol. The van der Waals surface area contributed by atoms with Gasteiger partial charge in [0, 0.05) is 34.8 Å². The normalized spacial score (nSPS) is 12.5. The van der Waals surface area contributed by atoms with Crippen molar-refractivity contribution >= 4 is 26.7 Å². The van der Waals surface area contributed by atoms with Gasteiger partial charge in [-0.1, -0.05) is 58.4 Å². The molecule has 0 spiro atoms. The van der Waals surface area contributed by atoms with E-state index < -0.39 is 0 Å². The topological polar surface area (TPSA) is 24.9 Å². The van der Waals surface area contributed by atoms with E-state index in [4.69, 9.17) is 0 Å². The van der Waals surface area contributed by atoms with Gasteiger partial charge >= 0.3 is 0 Å². The molecular weight excluding hydrogens is 336 g/mol. The van der Waals surface area contributed by atoms with Crippen LogP contribution in [0.5, 0.6) is 0 Å². The van der Waals surface area contributed by atoms with E-state index in [1.54, 1.807) is 0 Å². The molecule has 0 saturated heterocycles. The van der Waals surface area contributed by atoms with Crippen LogP contribution in [0.2, 0.25) is 0 Å². The number of halogens is 1. The Balaban J connectivity index is 1.68. The summed E-state index contributed by atoms with van der Waals surface area (Å²) < 4.78 is 1.18. The summed E-state index contributed by atoms with van der Waals surface area (Å²) in [5.41, 5.74) is 2.58. The minimum atomic E-state index is 0.401. The summed E-state index contributed by atoms with van der Waals surface area (Å²) in [7, 11) is 0. The van der Waals surface area contributed by atoms with Gasteiger partial charge in [-0.25, -0.2) is 0 Å². The molecule has 0 bridgehead atoms. The molecule has 22 heavy (non-hydrogen) atoms. The lowest BCUT2D eigenvalue weighted by Gasteiger charge is -2.15. The summed E-state index contributed by atoms with van der Waals surface area (Å²) in [4.78, 5) is 4.34. The first-order valence-corrected chi connectivity index (χ1v) is 8.32. The molecule has 1 heterocycles. The summed E-state index contributed by atoms with van der Waals surface area (Å²) in [6, 6.07) is 17.2. The Morgan fingerprint density at radius 3 is 2.64 bits per heavy atom. The molecule has 1 atom stereocenters. The van der Waals surface area contributed by atoms with E-state index in [-0.39, 0.29) is 0 Å². The van der Waals surface area contributed by atoms with Gasteiger partial charge in [-0.3, -0.25) is 4.98 Å². The maximum Gasteiger partial charge on any atom is 0.0346 e. The molecule has 3 heteroatoms. The van der Waals surface area contributed by atoms with E-state index in [0.717, 1.165) is 13.0 Å². The molecule has 0 saturated carbocycles. The van der Waals surface area contributed by atoms with Crippen molar-refractivity contribution in [3.05, 3.63) is 76.5 Å². The van der Waals surface area contributed by atoms with Crippen molar-refractivity contribution in [3.8, 4) is 0 Å². The lowest BCUT2D eigenvalue weighted by Crippen LogP contribution is -2.27. The molecule has 3 aromatic rings. The Morgan fingerprint density at radius 1 is 1.00 bits per heavy atom. The Kier molecular flexibility index (Phi) is 4.86. The Hall–Kier alpha value is -1.71. The minimum absolute atomic E-state index is 0.401. The molecule has 2 aromatic carbocycles. The number of hydrogen-bond donors (Lipinski definition) is 1. The van der Waals surface area contributed by atoms with Crippen molar-refractivity contribution in [2.75, 3.05) is 0 Å². The molecule has 0 amide bonds. The fraction of sp³-hybridized carbons (Fsp3) is 0.211. The third-order valence-electron chi connectivity index (χ3n) is 3.88. The first-order chi connectivity index (χ1) is 10.7. The molecular formula is C19H19BrN2. The summed E-state index contributed by atoms with van der Waals surface area (Å²) in [5, 5.41) is 6.08. The lowest BCUT2D eigenvalue weighted by atomic mass is 10.1. The van der Waals surface area contributed by atoms with Crippen LogP contribution in [0.4, 0.5) is 0 Å². The number of nitrogens with zero attached hydrogens (tertiary/aromatic N) is 1. The number of benzene rings is 2. The minimum Gasteiger partial charge on any atom is -0.310 e. The Labute approximate surface area is 139 Å². The van der Waals surface area contributed by atoms with Gasteiger partial charge in [0.1, 0.15) is 0 Å². The van der Waals surface area contributed by atoms with Gasteiger partial charge in [-0.2, -0.15) is 0 Å². The van der Waals surface area contributed by atoms with E-state index in [0.29, 0.717) is 6.04 Å². The van der Waals surface area contributed by atoms with Gasteiger partial charge in [0.2, 0.25) is 0 Å². The van der Waals surface area contributed by atoms with Crippen molar-refractivity contribution in [2.45, 2.75) is 25.9 Å². The predicted octanol–water partition coefficient (Wildman–Crippen LogP) is 4.72. The highest BCUT2D eigenvalue weighted by molar-refractivity contribution is 9.10. The Morgan fingerprint density at radius 2 is 1.77 bits per heavy atom. The molecule has 1 aromatic heterocycles. The van der Waals surface area contributed by atoms with Gasteiger partial charge < -0.3 is 5.32 Å². The second-order valence-corrected chi connectivity index (χ2v) is 6.45. The summed E-state index contributed by atoms with van der Waals surface area (Å²) >= 11 is 3.62. The first kappa shape index (κ1) is 15.2.